The lowest BCUT2D eigenvalue weighted by atomic mass is 10.4. The number of hydrogen-bond acceptors (Lipinski definition) is 4. The van der Waals surface area contributed by atoms with Crippen LogP contribution < -0.4 is 5.32 Å². The van der Waals surface area contributed by atoms with Gasteiger partial charge < -0.3 is 15.0 Å². The molecule has 0 aromatic heterocycles. The molecule has 0 aliphatic carbocycles. The molecule has 1 aromatic carbocycles. The average molecular weight is 378 g/mol. The molecule has 1 aromatic rings. The Morgan fingerprint density at radius 1 is 1.35 bits per heavy atom. The second-order valence-electron chi connectivity index (χ2n) is 5.07. The first-order valence-electron chi connectivity index (χ1n) is 7.22. The van der Waals surface area contributed by atoms with Crippen LogP contribution in [-0.4, -0.2) is 69.2 Å². The summed E-state index contributed by atoms with van der Waals surface area (Å²) in [4.78, 5) is 2.19. The molecule has 0 amide bonds. The maximum absolute atomic E-state index is 12.6. The Morgan fingerprint density at radius 3 is 2.65 bits per heavy atom. The molecule has 0 saturated carbocycles. The van der Waals surface area contributed by atoms with Crippen molar-refractivity contribution in [3.63, 3.8) is 0 Å². The largest absolute Gasteiger partial charge is 0.383 e. The molecule has 0 unspecified atom stereocenters. The number of nitrogens with zero attached hydrogens (tertiary/aromatic N) is 2. The van der Waals surface area contributed by atoms with Crippen molar-refractivity contribution in [1.29, 1.82) is 0 Å². The summed E-state index contributed by atoms with van der Waals surface area (Å²) in [5.74, 6) is 0. The van der Waals surface area contributed by atoms with Crippen LogP contribution in [0.3, 0.4) is 0 Å². The topological polar surface area (TPSA) is 61.9 Å². The van der Waals surface area contributed by atoms with Crippen molar-refractivity contribution in [3.8, 4) is 0 Å². The van der Waals surface area contributed by atoms with E-state index in [4.69, 9.17) is 28.6 Å². The van der Waals surface area contributed by atoms with Gasteiger partial charge in [-0.1, -0.05) is 17.7 Å². The van der Waals surface area contributed by atoms with Crippen LogP contribution in [-0.2, 0) is 14.8 Å². The Balaban J connectivity index is 1.94. The van der Waals surface area contributed by atoms with Crippen molar-refractivity contribution in [2.45, 2.75) is 4.90 Å². The quantitative estimate of drug-likeness (QED) is 0.614. The summed E-state index contributed by atoms with van der Waals surface area (Å²) in [5.41, 5.74) is 0. The van der Waals surface area contributed by atoms with Gasteiger partial charge in [0, 0.05) is 44.9 Å². The van der Waals surface area contributed by atoms with E-state index in [0.717, 1.165) is 0 Å². The van der Waals surface area contributed by atoms with Crippen molar-refractivity contribution < 1.29 is 13.2 Å². The predicted molar refractivity (Wildman–Crippen MR) is 94.3 cm³/mol. The standard InChI is InChI=1S/C14H20ClN3O3S2/c1-21-10-5-16-14(22)17-6-8-18(9-7-17)23(19,20)13-4-2-3-12(15)11-13/h2-4,11H,5-10H2,1H3,(H,16,22). The second-order valence-corrected chi connectivity index (χ2v) is 7.83. The molecule has 9 heteroatoms. The highest BCUT2D eigenvalue weighted by molar-refractivity contribution is 7.89. The van der Waals surface area contributed by atoms with Crippen molar-refractivity contribution in [2.75, 3.05) is 46.4 Å². The van der Waals surface area contributed by atoms with Crippen LogP contribution in [0.4, 0.5) is 0 Å². The summed E-state index contributed by atoms with van der Waals surface area (Å²) < 4.78 is 31.6. The minimum absolute atomic E-state index is 0.222. The van der Waals surface area contributed by atoms with Crippen LogP contribution in [0.15, 0.2) is 29.2 Å². The Morgan fingerprint density at radius 2 is 2.04 bits per heavy atom. The third kappa shape index (κ3) is 4.77. The number of methoxy groups -OCH3 is 1. The third-order valence-electron chi connectivity index (χ3n) is 3.54. The summed E-state index contributed by atoms with van der Waals surface area (Å²) in [6, 6.07) is 6.33. The number of rotatable bonds is 5. The maximum Gasteiger partial charge on any atom is 0.243 e. The monoisotopic (exact) mass is 377 g/mol. The van der Waals surface area contributed by atoms with Gasteiger partial charge in [-0.2, -0.15) is 4.31 Å². The number of sulfonamides is 1. The minimum atomic E-state index is -3.52. The first-order valence-corrected chi connectivity index (χ1v) is 9.45. The maximum atomic E-state index is 12.6. The Hall–Kier alpha value is -0.930. The summed E-state index contributed by atoms with van der Waals surface area (Å²) in [6.07, 6.45) is 0. The minimum Gasteiger partial charge on any atom is -0.383 e. The number of nitrogens with one attached hydrogen (secondary N) is 1. The Labute approximate surface area is 147 Å². The fourth-order valence-corrected chi connectivity index (χ4v) is 4.29. The van der Waals surface area contributed by atoms with Crippen LogP contribution in [0, 0.1) is 0 Å². The number of piperazine rings is 1. The van der Waals surface area contributed by atoms with Crippen LogP contribution >= 0.6 is 23.8 Å². The summed E-state index contributed by atoms with van der Waals surface area (Å²) in [6.45, 7) is 3.10. The molecule has 1 aliphatic heterocycles. The van der Waals surface area contributed by atoms with E-state index < -0.39 is 10.0 Å². The van der Waals surface area contributed by atoms with Gasteiger partial charge >= 0.3 is 0 Å². The summed E-state index contributed by atoms with van der Waals surface area (Å²) >= 11 is 11.2. The molecule has 0 spiro atoms. The van der Waals surface area contributed by atoms with Gasteiger partial charge in [-0.15, -0.1) is 0 Å². The Kier molecular flexibility index (Phi) is 6.60. The van der Waals surface area contributed by atoms with Gasteiger partial charge in [0.15, 0.2) is 5.11 Å². The molecule has 0 radical (unpaired) electrons. The molecule has 1 aliphatic rings. The Bertz CT molecular complexity index is 646. The normalized spacial score (nSPS) is 16.3. The molecule has 1 heterocycles. The van der Waals surface area contributed by atoms with Crippen molar-refractivity contribution in [3.05, 3.63) is 29.3 Å². The highest BCUT2D eigenvalue weighted by atomic mass is 35.5. The third-order valence-corrected chi connectivity index (χ3v) is 6.07. The van der Waals surface area contributed by atoms with E-state index in [1.165, 1.54) is 10.4 Å². The van der Waals surface area contributed by atoms with Gasteiger partial charge in [0.1, 0.15) is 0 Å². The molecule has 6 nitrogen and oxygen atoms in total. The summed E-state index contributed by atoms with van der Waals surface area (Å²) in [5, 5.41) is 4.13. The van der Waals surface area contributed by atoms with E-state index in [0.29, 0.717) is 49.5 Å². The van der Waals surface area contributed by atoms with E-state index in [1.807, 2.05) is 4.90 Å². The number of thiocarbonyl (C=S) groups is 1. The van der Waals surface area contributed by atoms with Crippen molar-refractivity contribution in [2.24, 2.45) is 0 Å². The van der Waals surface area contributed by atoms with Crippen LogP contribution in [0.2, 0.25) is 5.02 Å². The molecule has 1 N–H and O–H groups in total. The molecule has 1 fully saturated rings. The SMILES string of the molecule is COCCNC(=S)N1CCN(S(=O)(=O)c2cccc(Cl)c2)CC1. The molecular weight excluding hydrogens is 358 g/mol. The average Bonchev–Trinajstić information content (AvgIpc) is 2.55. The molecule has 23 heavy (non-hydrogen) atoms. The number of benzene rings is 1. The van der Waals surface area contributed by atoms with Gasteiger partial charge in [-0.3, -0.25) is 0 Å². The van der Waals surface area contributed by atoms with Crippen LogP contribution in [0.5, 0.6) is 0 Å². The van der Waals surface area contributed by atoms with E-state index in [1.54, 1.807) is 25.3 Å². The van der Waals surface area contributed by atoms with E-state index in [9.17, 15) is 8.42 Å². The van der Waals surface area contributed by atoms with Gasteiger partial charge in [-0.05, 0) is 30.4 Å². The van der Waals surface area contributed by atoms with Crippen LogP contribution in [0.25, 0.3) is 0 Å². The van der Waals surface area contributed by atoms with E-state index in [-0.39, 0.29) is 4.90 Å². The zero-order chi connectivity index (χ0) is 16.9. The predicted octanol–water partition coefficient (Wildman–Crippen LogP) is 1.17. The molecule has 0 bridgehead atoms. The van der Waals surface area contributed by atoms with Crippen molar-refractivity contribution >= 4 is 39.0 Å². The lowest BCUT2D eigenvalue weighted by Crippen LogP contribution is -2.53. The lowest BCUT2D eigenvalue weighted by molar-refractivity contribution is 0.201. The van der Waals surface area contributed by atoms with Gasteiger partial charge in [0.05, 0.1) is 11.5 Å². The van der Waals surface area contributed by atoms with Gasteiger partial charge in [-0.25, -0.2) is 8.42 Å². The molecule has 128 valence electrons. The highest BCUT2D eigenvalue weighted by Crippen LogP contribution is 2.20. The number of hydrogen-bond donors (Lipinski definition) is 1. The first kappa shape index (κ1) is 18.4. The zero-order valence-corrected chi connectivity index (χ0v) is 15.3. The van der Waals surface area contributed by atoms with Gasteiger partial charge in [0.25, 0.3) is 0 Å². The molecular formula is C14H20ClN3O3S2. The zero-order valence-electron chi connectivity index (χ0n) is 12.9. The molecule has 0 atom stereocenters. The number of ether oxygens (including phenoxy) is 1. The number of halogens is 1. The van der Waals surface area contributed by atoms with Crippen LogP contribution in [0.1, 0.15) is 0 Å². The molecule has 2 rings (SSSR count). The first-order chi connectivity index (χ1) is 10.9. The van der Waals surface area contributed by atoms with E-state index >= 15 is 0 Å². The summed E-state index contributed by atoms with van der Waals surface area (Å²) in [7, 11) is -1.89. The van der Waals surface area contributed by atoms with E-state index in [2.05, 4.69) is 5.32 Å². The lowest BCUT2D eigenvalue weighted by Gasteiger charge is -2.35. The fraction of sp³-hybridized carbons (Fsp3) is 0.500. The highest BCUT2D eigenvalue weighted by Gasteiger charge is 2.29. The smallest absolute Gasteiger partial charge is 0.243 e. The fourth-order valence-electron chi connectivity index (χ4n) is 2.28. The van der Waals surface area contributed by atoms with Gasteiger partial charge in [0.2, 0.25) is 10.0 Å². The van der Waals surface area contributed by atoms with Crippen molar-refractivity contribution in [1.82, 2.24) is 14.5 Å². The second kappa shape index (κ2) is 8.25. The molecule has 1 saturated heterocycles.